The molecule has 0 atom stereocenters. The minimum atomic E-state index is 0.579. The Bertz CT molecular complexity index is 831. The smallest absolute Gasteiger partial charge is 0.227 e. The molecule has 0 spiro atoms. The van der Waals surface area contributed by atoms with E-state index in [9.17, 15) is 0 Å². The van der Waals surface area contributed by atoms with Crippen LogP contribution < -0.4 is 20.9 Å². The van der Waals surface area contributed by atoms with Gasteiger partial charge in [-0.25, -0.2) is 15.0 Å². The number of hydrogen-bond donors (Lipinski definition) is 3. The molecule has 146 valence electrons. The summed E-state index contributed by atoms with van der Waals surface area (Å²) in [4.78, 5) is 15.8. The molecule has 0 aliphatic carbocycles. The number of nitrogens with one attached hydrogen (secondary N) is 3. The SMILES string of the molecule is CNC.c1ccc(Nc2nccc(-c3ccc(N4CCNCC4)nc3)n2)cc1. The molecule has 0 saturated carbocycles. The number of para-hydroxylation sites is 1. The molecule has 1 aliphatic heterocycles. The van der Waals surface area contributed by atoms with Gasteiger partial charge in [0, 0.05) is 49.8 Å². The van der Waals surface area contributed by atoms with Crippen molar-refractivity contribution in [3.8, 4) is 11.3 Å². The van der Waals surface area contributed by atoms with E-state index >= 15 is 0 Å². The molecule has 3 N–H and O–H groups in total. The average molecular weight is 377 g/mol. The van der Waals surface area contributed by atoms with Gasteiger partial charge < -0.3 is 20.9 Å². The summed E-state index contributed by atoms with van der Waals surface area (Å²) in [6.07, 6.45) is 3.64. The Morgan fingerprint density at radius 2 is 1.68 bits per heavy atom. The van der Waals surface area contributed by atoms with Crippen molar-refractivity contribution in [2.24, 2.45) is 0 Å². The Kier molecular flexibility index (Phi) is 7.29. The van der Waals surface area contributed by atoms with Gasteiger partial charge in [-0.05, 0) is 44.4 Å². The first kappa shape index (κ1) is 19.7. The van der Waals surface area contributed by atoms with Crippen molar-refractivity contribution in [3.05, 3.63) is 60.9 Å². The lowest BCUT2D eigenvalue weighted by molar-refractivity contribution is 0.585. The fraction of sp³-hybridized carbons (Fsp3) is 0.286. The Hall–Kier alpha value is -3.03. The predicted octanol–water partition coefficient (Wildman–Crippen LogP) is 2.53. The Morgan fingerprint density at radius 1 is 0.929 bits per heavy atom. The normalized spacial score (nSPS) is 13.4. The molecule has 3 aromatic rings. The standard InChI is InChI=1S/C19H20N6.C2H7N/c1-2-4-16(5-3-1)23-19-21-9-8-17(24-19)15-6-7-18(22-14-15)25-12-10-20-11-13-25;1-3-2/h1-9,14,20H,10-13H2,(H,21,23,24);3H,1-2H3. The van der Waals surface area contributed by atoms with E-state index in [1.807, 2.05) is 56.7 Å². The summed E-state index contributed by atoms with van der Waals surface area (Å²) in [5.74, 6) is 1.59. The van der Waals surface area contributed by atoms with Gasteiger partial charge in [-0.1, -0.05) is 18.2 Å². The highest BCUT2D eigenvalue weighted by atomic mass is 15.2. The van der Waals surface area contributed by atoms with Gasteiger partial charge >= 0.3 is 0 Å². The Labute approximate surface area is 166 Å². The minimum absolute atomic E-state index is 0.579. The van der Waals surface area contributed by atoms with Crippen LogP contribution in [0.3, 0.4) is 0 Å². The first-order valence-corrected chi connectivity index (χ1v) is 9.46. The summed E-state index contributed by atoms with van der Waals surface area (Å²) < 4.78 is 0. The van der Waals surface area contributed by atoms with Gasteiger partial charge in [0.15, 0.2) is 0 Å². The van der Waals surface area contributed by atoms with E-state index < -0.39 is 0 Å². The highest BCUT2D eigenvalue weighted by molar-refractivity contribution is 5.62. The molecule has 4 rings (SSSR count). The van der Waals surface area contributed by atoms with E-state index in [2.05, 4.69) is 47.9 Å². The summed E-state index contributed by atoms with van der Waals surface area (Å²) in [6.45, 7) is 3.99. The molecule has 3 heterocycles. The van der Waals surface area contributed by atoms with Crippen LogP contribution in [0.15, 0.2) is 60.9 Å². The molecule has 7 heteroatoms. The highest BCUT2D eigenvalue weighted by Crippen LogP contribution is 2.21. The number of aromatic nitrogens is 3. The molecule has 1 fully saturated rings. The van der Waals surface area contributed by atoms with Crippen molar-refractivity contribution in [1.29, 1.82) is 0 Å². The van der Waals surface area contributed by atoms with Crippen LogP contribution in [0.4, 0.5) is 17.5 Å². The van der Waals surface area contributed by atoms with Crippen LogP contribution in [0.2, 0.25) is 0 Å². The maximum Gasteiger partial charge on any atom is 0.227 e. The lowest BCUT2D eigenvalue weighted by Gasteiger charge is -2.28. The van der Waals surface area contributed by atoms with E-state index in [-0.39, 0.29) is 0 Å². The number of benzene rings is 1. The van der Waals surface area contributed by atoms with E-state index in [4.69, 9.17) is 0 Å². The van der Waals surface area contributed by atoms with Crippen LogP contribution in [0, 0.1) is 0 Å². The quantitative estimate of drug-likeness (QED) is 0.645. The van der Waals surface area contributed by atoms with Gasteiger partial charge in [-0.15, -0.1) is 0 Å². The third-order valence-corrected chi connectivity index (χ3v) is 4.17. The zero-order chi connectivity index (χ0) is 19.6. The zero-order valence-corrected chi connectivity index (χ0v) is 16.4. The van der Waals surface area contributed by atoms with Crippen LogP contribution in [-0.2, 0) is 0 Å². The Morgan fingerprint density at radius 3 is 2.36 bits per heavy atom. The number of hydrogen-bond acceptors (Lipinski definition) is 7. The average Bonchev–Trinajstić information content (AvgIpc) is 2.76. The van der Waals surface area contributed by atoms with Crippen LogP contribution in [0.1, 0.15) is 0 Å². The van der Waals surface area contributed by atoms with E-state index in [0.29, 0.717) is 5.95 Å². The molecular formula is C21H27N7. The second kappa shape index (κ2) is 10.3. The van der Waals surface area contributed by atoms with Crippen LogP contribution >= 0.6 is 0 Å². The lowest BCUT2D eigenvalue weighted by atomic mass is 10.2. The third kappa shape index (κ3) is 5.48. The van der Waals surface area contributed by atoms with Gasteiger partial charge in [0.1, 0.15) is 5.82 Å². The number of nitrogens with zero attached hydrogens (tertiary/aromatic N) is 4. The molecule has 7 nitrogen and oxygen atoms in total. The van der Waals surface area contributed by atoms with Gasteiger partial charge in [0.25, 0.3) is 0 Å². The number of anilines is 3. The van der Waals surface area contributed by atoms with Crippen molar-refractivity contribution < 1.29 is 0 Å². The van der Waals surface area contributed by atoms with Gasteiger partial charge in [-0.2, -0.15) is 0 Å². The molecule has 2 aromatic heterocycles. The first-order chi connectivity index (χ1) is 13.8. The predicted molar refractivity (Wildman–Crippen MR) is 115 cm³/mol. The molecule has 1 saturated heterocycles. The number of pyridine rings is 1. The van der Waals surface area contributed by atoms with Crippen molar-refractivity contribution >= 4 is 17.5 Å². The fourth-order valence-corrected chi connectivity index (χ4v) is 2.85. The second-order valence-electron chi connectivity index (χ2n) is 6.40. The maximum absolute atomic E-state index is 4.61. The van der Waals surface area contributed by atoms with Gasteiger partial charge in [0.2, 0.25) is 5.95 Å². The second-order valence-corrected chi connectivity index (χ2v) is 6.40. The maximum atomic E-state index is 4.61. The van der Waals surface area contributed by atoms with E-state index in [1.54, 1.807) is 6.20 Å². The molecular weight excluding hydrogens is 350 g/mol. The first-order valence-electron chi connectivity index (χ1n) is 9.46. The molecule has 1 aliphatic rings. The summed E-state index contributed by atoms with van der Waals surface area (Å²) in [5, 5.41) is 9.32. The fourth-order valence-electron chi connectivity index (χ4n) is 2.85. The van der Waals surface area contributed by atoms with Crippen molar-refractivity contribution in [1.82, 2.24) is 25.6 Å². The summed E-state index contributed by atoms with van der Waals surface area (Å²) in [7, 11) is 3.75. The summed E-state index contributed by atoms with van der Waals surface area (Å²) in [6, 6.07) is 15.9. The van der Waals surface area contributed by atoms with Gasteiger partial charge in [0.05, 0.1) is 5.69 Å². The summed E-state index contributed by atoms with van der Waals surface area (Å²) >= 11 is 0. The molecule has 0 radical (unpaired) electrons. The molecule has 0 unspecified atom stereocenters. The zero-order valence-electron chi connectivity index (χ0n) is 16.4. The third-order valence-electron chi connectivity index (χ3n) is 4.17. The molecule has 0 bridgehead atoms. The van der Waals surface area contributed by atoms with Crippen molar-refractivity contribution in [3.63, 3.8) is 0 Å². The van der Waals surface area contributed by atoms with Crippen molar-refractivity contribution in [2.75, 3.05) is 50.5 Å². The van der Waals surface area contributed by atoms with E-state index in [0.717, 1.165) is 48.9 Å². The Balaban J connectivity index is 0.000000706. The van der Waals surface area contributed by atoms with Crippen molar-refractivity contribution in [2.45, 2.75) is 0 Å². The van der Waals surface area contributed by atoms with Crippen LogP contribution in [-0.4, -0.2) is 55.2 Å². The molecule has 0 amide bonds. The monoisotopic (exact) mass is 377 g/mol. The lowest BCUT2D eigenvalue weighted by Crippen LogP contribution is -2.43. The number of piperazine rings is 1. The topological polar surface area (TPSA) is 78.0 Å². The molecule has 28 heavy (non-hydrogen) atoms. The summed E-state index contributed by atoms with van der Waals surface area (Å²) in [5.41, 5.74) is 2.80. The largest absolute Gasteiger partial charge is 0.354 e. The van der Waals surface area contributed by atoms with Gasteiger partial charge in [-0.3, -0.25) is 0 Å². The van der Waals surface area contributed by atoms with Crippen LogP contribution in [0.5, 0.6) is 0 Å². The van der Waals surface area contributed by atoms with E-state index in [1.165, 1.54) is 0 Å². The molecule has 1 aromatic carbocycles. The minimum Gasteiger partial charge on any atom is -0.354 e. The highest BCUT2D eigenvalue weighted by Gasteiger charge is 2.12. The van der Waals surface area contributed by atoms with Crippen LogP contribution in [0.25, 0.3) is 11.3 Å². The number of rotatable bonds is 4.